The maximum absolute atomic E-state index is 4.27. The van der Waals surface area contributed by atoms with Gasteiger partial charge in [0.1, 0.15) is 5.82 Å². The predicted octanol–water partition coefficient (Wildman–Crippen LogP) is 3.12. The summed E-state index contributed by atoms with van der Waals surface area (Å²) < 4.78 is 2.11. The monoisotopic (exact) mass is 319 g/mol. The van der Waals surface area contributed by atoms with E-state index < -0.39 is 0 Å². The van der Waals surface area contributed by atoms with Crippen molar-refractivity contribution in [1.82, 2.24) is 14.9 Å². The molecule has 3 rings (SSSR count). The molecule has 1 aliphatic rings. The van der Waals surface area contributed by atoms with Gasteiger partial charge in [-0.25, -0.2) is 4.98 Å². The summed E-state index contributed by atoms with van der Waals surface area (Å²) in [6, 6.07) is 9.39. The predicted molar refractivity (Wildman–Crippen MR) is 93.6 cm³/mol. The number of hydrogen-bond acceptors (Lipinski definition) is 4. The first-order chi connectivity index (χ1) is 10.3. The lowest BCUT2D eigenvalue weighted by Crippen LogP contribution is -2.32. The van der Waals surface area contributed by atoms with E-state index >= 15 is 0 Å². The van der Waals surface area contributed by atoms with Gasteiger partial charge in [-0.15, -0.1) is 0 Å². The van der Waals surface area contributed by atoms with Crippen LogP contribution in [0.15, 0.2) is 36.7 Å². The van der Waals surface area contributed by atoms with Crippen LogP contribution >= 0.6 is 23.5 Å². The molecule has 21 heavy (non-hydrogen) atoms. The third-order valence-corrected chi connectivity index (χ3v) is 6.17. The molecule has 1 aliphatic heterocycles. The molecule has 112 valence electrons. The zero-order valence-corrected chi connectivity index (χ0v) is 13.9. The van der Waals surface area contributed by atoms with Crippen molar-refractivity contribution in [3.63, 3.8) is 0 Å². The van der Waals surface area contributed by atoms with Gasteiger partial charge >= 0.3 is 0 Å². The average Bonchev–Trinajstić information content (AvgIpc) is 2.78. The number of aryl methyl sites for hydroxylation is 1. The number of hydrogen-bond donors (Lipinski definition) is 1. The molecule has 0 aliphatic carbocycles. The van der Waals surface area contributed by atoms with Crippen LogP contribution in [0.1, 0.15) is 11.4 Å². The molecular formula is C16H21N3S2. The summed E-state index contributed by atoms with van der Waals surface area (Å²) in [4.78, 5) is 4.27. The second kappa shape index (κ2) is 7.38. The van der Waals surface area contributed by atoms with Gasteiger partial charge < -0.3 is 9.88 Å². The van der Waals surface area contributed by atoms with Crippen LogP contribution in [0.2, 0.25) is 0 Å². The lowest BCUT2D eigenvalue weighted by atomic mass is 10.2. The molecule has 1 fully saturated rings. The van der Waals surface area contributed by atoms with Crippen molar-refractivity contribution in [3.05, 3.63) is 48.0 Å². The fraction of sp³-hybridized carbons (Fsp3) is 0.438. The van der Waals surface area contributed by atoms with Crippen molar-refractivity contribution in [2.75, 3.05) is 23.0 Å². The Morgan fingerprint density at radius 1 is 1.19 bits per heavy atom. The minimum Gasteiger partial charge on any atom is -0.308 e. The van der Waals surface area contributed by atoms with Gasteiger partial charge in [-0.2, -0.15) is 23.5 Å². The molecule has 0 radical (unpaired) electrons. The average molecular weight is 319 g/mol. The number of aromatic nitrogens is 2. The van der Waals surface area contributed by atoms with Crippen molar-refractivity contribution in [2.45, 2.75) is 19.5 Å². The molecule has 3 nitrogen and oxygen atoms in total. The number of rotatable bonds is 4. The summed E-state index contributed by atoms with van der Waals surface area (Å²) in [5.41, 5.74) is 2.52. The standard InChI is InChI=1S/C16H21N3S2/c1-13-17-6-7-19(13)16-4-2-14(3-5-16)10-18-15-11-20-8-9-21-12-15/h2-7,15,18H,8-12H2,1H3. The molecule has 0 unspecified atom stereocenters. The molecule has 0 atom stereocenters. The highest BCUT2D eigenvalue weighted by Crippen LogP contribution is 2.17. The number of benzene rings is 1. The van der Waals surface area contributed by atoms with Crippen molar-refractivity contribution >= 4 is 23.5 Å². The summed E-state index contributed by atoms with van der Waals surface area (Å²) in [5, 5.41) is 3.68. The van der Waals surface area contributed by atoms with E-state index in [0.717, 1.165) is 12.4 Å². The van der Waals surface area contributed by atoms with Crippen LogP contribution in [0.3, 0.4) is 0 Å². The van der Waals surface area contributed by atoms with Gasteiger partial charge in [0.15, 0.2) is 0 Å². The third-order valence-electron chi connectivity index (χ3n) is 3.65. The van der Waals surface area contributed by atoms with E-state index in [1.165, 1.54) is 34.3 Å². The van der Waals surface area contributed by atoms with Gasteiger partial charge in [0, 0.05) is 53.7 Å². The van der Waals surface area contributed by atoms with Crippen molar-refractivity contribution in [1.29, 1.82) is 0 Å². The Morgan fingerprint density at radius 3 is 2.52 bits per heavy atom. The maximum atomic E-state index is 4.27. The zero-order valence-electron chi connectivity index (χ0n) is 12.3. The molecular weight excluding hydrogens is 298 g/mol. The molecule has 1 saturated heterocycles. The quantitative estimate of drug-likeness (QED) is 0.938. The van der Waals surface area contributed by atoms with Crippen LogP contribution in [0.4, 0.5) is 0 Å². The highest BCUT2D eigenvalue weighted by molar-refractivity contribution is 8.03. The number of nitrogens with one attached hydrogen (secondary N) is 1. The Morgan fingerprint density at radius 2 is 1.90 bits per heavy atom. The largest absolute Gasteiger partial charge is 0.308 e. The minimum absolute atomic E-state index is 0.637. The van der Waals surface area contributed by atoms with Crippen LogP contribution in [0.5, 0.6) is 0 Å². The fourth-order valence-electron chi connectivity index (χ4n) is 2.42. The van der Waals surface area contributed by atoms with Gasteiger partial charge in [0.05, 0.1) is 0 Å². The highest BCUT2D eigenvalue weighted by Gasteiger charge is 2.11. The van der Waals surface area contributed by atoms with Crippen LogP contribution in [-0.2, 0) is 6.54 Å². The van der Waals surface area contributed by atoms with Gasteiger partial charge in [-0.05, 0) is 24.6 Å². The van der Waals surface area contributed by atoms with E-state index in [1.54, 1.807) is 0 Å². The second-order valence-corrected chi connectivity index (χ2v) is 7.54. The smallest absolute Gasteiger partial charge is 0.110 e. The topological polar surface area (TPSA) is 29.9 Å². The Labute approximate surface area is 134 Å². The highest BCUT2D eigenvalue weighted by atomic mass is 32.2. The molecule has 1 aromatic heterocycles. The summed E-state index contributed by atoms with van der Waals surface area (Å²) in [6.45, 7) is 2.98. The van der Waals surface area contributed by atoms with E-state index in [4.69, 9.17) is 0 Å². The summed E-state index contributed by atoms with van der Waals surface area (Å²) in [6.07, 6.45) is 3.84. The normalized spacial score (nSPS) is 16.8. The van der Waals surface area contributed by atoms with E-state index in [-0.39, 0.29) is 0 Å². The first kappa shape index (κ1) is 15.0. The molecule has 2 heterocycles. The third kappa shape index (κ3) is 4.05. The molecule has 0 spiro atoms. The van der Waals surface area contributed by atoms with E-state index in [2.05, 4.69) is 62.7 Å². The van der Waals surface area contributed by atoms with Crippen LogP contribution in [0.25, 0.3) is 5.69 Å². The van der Waals surface area contributed by atoms with Gasteiger partial charge in [-0.1, -0.05) is 12.1 Å². The van der Waals surface area contributed by atoms with Crippen molar-refractivity contribution in [2.24, 2.45) is 0 Å². The first-order valence-corrected chi connectivity index (χ1v) is 9.62. The maximum Gasteiger partial charge on any atom is 0.110 e. The van der Waals surface area contributed by atoms with Crippen LogP contribution < -0.4 is 5.32 Å². The molecule has 2 aromatic rings. The van der Waals surface area contributed by atoms with Crippen molar-refractivity contribution < 1.29 is 0 Å². The summed E-state index contributed by atoms with van der Waals surface area (Å²) >= 11 is 4.14. The summed E-state index contributed by atoms with van der Waals surface area (Å²) in [7, 11) is 0. The second-order valence-electron chi connectivity index (χ2n) is 5.24. The minimum atomic E-state index is 0.637. The molecule has 0 bridgehead atoms. The van der Waals surface area contributed by atoms with Gasteiger partial charge in [-0.3, -0.25) is 0 Å². The number of thioether (sulfide) groups is 2. The van der Waals surface area contributed by atoms with Gasteiger partial charge in [0.25, 0.3) is 0 Å². The molecule has 0 saturated carbocycles. The molecule has 0 amide bonds. The zero-order chi connectivity index (χ0) is 14.5. The molecule has 1 aromatic carbocycles. The summed E-state index contributed by atoms with van der Waals surface area (Å²) in [5.74, 6) is 6.08. The van der Waals surface area contributed by atoms with Crippen LogP contribution in [-0.4, -0.2) is 38.6 Å². The lowest BCUT2D eigenvalue weighted by molar-refractivity contribution is 0.604. The SMILES string of the molecule is Cc1nccn1-c1ccc(CNC2CSCCSC2)cc1. The fourth-order valence-corrected chi connectivity index (χ4v) is 4.89. The molecule has 5 heteroatoms. The Kier molecular flexibility index (Phi) is 5.27. The Hall–Kier alpha value is -0.910. The molecule has 1 N–H and O–H groups in total. The lowest BCUT2D eigenvalue weighted by Gasteiger charge is -2.15. The van der Waals surface area contributed by atoms with E-state index in [0.29, 0.717) is 6.04 Å². The van der Waals surface area contributed by atoms with E-state index in [1.807, 2.05) is 19.3 Å². The first-order valence-electron chi connectivity index (χ1n) is 7.31. The number of nitrogens with zero attached hydrogens (tertiary/aromatic N) is 2. The van der Waals surface area contributed by atoms with Crippen LogP contribution in [0, 0.1) is 6.92 Å². The van der Waals surface area contributed by atoms with Crippen molar-refractivity contribution in [3.8, 4) is 5.69 Å². The Bertz CT molecular complexity index is 557. The van der Waals surface area contributed by atoms with E-state index in [9.17, 15) is 0 Å². The Balaban J connectivity index is 1.58. The van der Waals surface area contributed by atoms with Gasteiger partial charge in [0.2, 0.25) is 0 Å². The number of imidazole rings is 1.